The second-order valence-corrected chi connectivity index (χ2v) is 2.56. The molecule has 68 valence electrons. The molecule has 0 spiro atoms. The van der Waals surface area contributed by atoms with Gasteiger partial charge in [-0.15, -0.1) is 0 Å². The Kier molecular flexibility index (Phi) is 22.8. The van der Waals surface area contributed by atoms with E-state index in [9.17, 15) is 4.79 Å². The Morgan fingerprint density at radius 3 is 2.08 bits per heavy atom. The molecule has 0 aromatic heterocycles. The summed E-state index contributed by atoms with van der Waals surface area (Å²) in [6.45, 7) is 2.15. The molecule has 12 heavy (non-hydrogen) atoms. The summed E-state index contributed by atoms with van der Waals surface area (Å²) in [4.78, 5) is 10.0. The van der Waals surface area contributed by atoms with E-state index in [0.29, 0.717) is 6.42 Å². The van der Waals surface area contributed by atoms with Gasteiger partial charge in [0.1, 0.15) is 0 Å². The third kappa shape index (κ3) is 17.2. The molecule has 0 amide bonds. The van der Waals surface area contributed by atoms with Gasteiger partial charge < -0.3 is 5.11 Å². The standard InChI is InChI=1S/C8H16O2.Ti.Zr/c1-2-3-4-5-6-7-8(9)10;;/h2-7H2,1H3,(H,9,10);;. The molecule has 0 bridgehead atoms. The van der Waals surface area contributed by atoms with Crippen molar-refractivity contribution in [3.63, 3.8) is 0 Å². The van der Waals surface area contributed by atoms with E-state index in [2.05, 4.69) is 6.92 Å². The van der Waals surface area contributed by atoms with Gasteiger partial charge in [-0.05, 0) is 6.42 Å². The number of hydrogen-bond acceptors (Lipinski definition) is 1. The SMILES string of the molecule is CCCCCCCC(=O)O.[Ti].[Zr]. The first-order valence-corrected chi connectivity index (χ1v) is 3.99. The zero-order chi connectivity index (χ0) is 7.82. The third-order valence-corrected chi connectivity index (χ3v) is 1.49. The number of hydrogen-bond donors (Lipinski definition) is 1. The van der Waals surface area contributed by atoms with E-state index in [4.69, 9.17) is 5.11 Å². The van der Waals surface area contributed by atoms with E-state index in [1.54, 1.807) is 0 Å². The summed E-state index contributed by atoms with van der Waals surface area (Å²) in [6, 6.07) is 0. The average Bonchev–Trinajstić information content (AvgIpc) is 1.87. The van der Waals surface area contributed by atoms with Crippen LogP contribution < -0.4 is 0 Å². The summed E-state index contributed by atoms with van der Waals surface area (Å²) in [5.41, 5.74) is 0. The molecule has 0 atom stereocenters. The zero-order valence-corrected chi connectivity index (χ0v) is 11.6. The summed E-state index contributed by atoms with van der Waals surface area (Å²) >= 11 is 0. The van der Waals surface area contributed by atoms with Crippen LogP contribution in [0.5, 0.6) is 0 Å². The molecule has 0 unspecified atom stereocenters. The largest absolute Gasteiger partial charge is 0.481 e. The van der Waals surface area contributed by atoms with Gasteiger partial charge in [0.05, 0.1) is 0 Å². The van der Waals surface area contributed by atoms with Crippen molar-refractivity contribution in [3.05, 3.63) is 0 Å². The minimum absolute atomic E-state index is 0. The molecule has 0 aliphatic rings. The third-order valence-electron chi connectivity index (χ3n) is 1.49. The molecule has 0 heterocycles. The molecule has 0 saturated carbocycles. The summed E-state index contributed by atoms with van der Waals surface area (Å²) < 4.78 is 0. The smallest absolute Gasteiger partial charge is 0.303 e. The van der Waals surface area contributed by atoms with Crippen LogP contribution in [0.3, 0.4) is 0 Å². The quantitative estimate of drug-likeness (QED) is 0.600. The van der Waals surface area contributed by atoms with Gasteiger partial charge >= 0.3 is 5.97 Å². The molecule has 0 aromatic carbocycles. The molecule has 0 rings (SSSR count). The zero-order valence-electron chi connectivity index (χ0n) is 7.60. The summed E-state index contributed by atoms with van der Waals surface area (Å²) in [7, 11) is 0. The van der Waals surface area contributed by atoms with Crippen molar-refractivity contribution in [2.75, 3.05) is 0 Å². The Labute approximate surface area is 109 Å². The normalized spacial score (nSPS) is 8.08. The van der Waals surface area contributed by atoms with Crippen LogP contribution in [-0.2, 0) is 52.7 Å². The first kappa shape index (κ1) is 18.8. The fourth-order valence-electron chi connectivity index (χ4n) is 0.880. The average molecular weight is 283 g/mol. The number of unbranched alkanes of at least 4 members (excludes halogenated alkanes) is 4. The van der Waals surface area contributed by atoms with Crippen LogP contribution in [0.15, 0.2) is 0 Å². The number of carboxylic acid groups (broad SMARTS) is 1. The molecule has 1 N–H and O–H groups in total. The van der Waals surface area contributed by atoms with E-state index in [1.807, 2.05) is 0 Å². The van der Waals surface area contributed by atoms with E-state index in [-0.39, 0.29) is 47.9 Å². The maximum Gasteiger partial charge on any atom is 0.303 e. The van der Waals surface area contributed by atoms with E-state index in [0.717, 1.165) is 12.8 Å². The van der Waals surface area contributed by atoms with Gasteiger partial charge in [0, 0.05) is 54.3 Å². The minimum Gasteiger partial charge on any atom is -0.481 e. The van der Waals surface area contributed by atoms with Gasteiger partial charge in [0.25, 0.3) is 0 Å². The molecule has 0 saturated heterocycles. The summed E-state index contributed by atoms with van der Waals surface area (Å²) in [5, 5.41) is 8.27. The Hall–Kier alpha value is 1.07. The molecule has 4 heteroatoms. The minimum atomic E-state index is -0.670. The monoisotopic (exact) mass is 282 g/mol. The van der Waals surface area contributed by atoms with Gasteiger partial charge in [0.2, 0.25) is 0 Å². The van der Waals surface area contributed by atoms with Crippen LogP contribution in [0.4, 0.5) is 0 Å². The van der Waals surface area contributed by atoms with Crippen LogP contribution in [0, 0.1) is 0 Å². The first-order valence-electron chi connectivity index (χ1n) is 3.99. The van der Waals surface area contributed by atoms with Crippen molar-refractivity contribution in [2.45, 2.75) is 45.4 Å². The van der Waals surface area contributed by atoms with Crippen molar-refractivity contribution in [1.29, 1.82) is 0 Å². The van der Waals surface area contributed by atoms with Crippen LogP contribution in [0.2, 0.25) is 0 Å². The van der Waals surface area contributed by atoms with E-state index < -0.39 is 5.97 Å². The van der Waals surface area contributed by atoms with Gasteiger partial charge in [-0.3, -0.25) is 4.79 Å². The van der Waals surface area contributed by atoms with Crippen LogP contribution >= 0.6 is 0 Å². The second kappa shape index (κ2) is 14.6. The van der Waals surface area contributed by atoms with Gasteiger partial charge in [-0.2, -0.15) is 0 Å². The molecular weight excluding hydrogens is 267 g/mol. The maximum atomic E-state index is 10.0. The van der Waals surface area contributed by atoms with E-state index >= 15 is 0 Å². The van der Waals surface area contributed by atoms with Crippen molar-refractivity contribution in [1.82, 2.24) is 0 Å². The number of rotatable bonds is 6. The number of carboxylic acids is 1. The topological polar surface area (TPSA) is 37.3 Å². The van der Waals surface area contributed by atoms with Gasteiger partial charge in [-0.1, -0.05) is 32.6 Å². The molecule has 0 aliphatic carbocycles. The van der Waals surface area contributed by atoms with Crippen molar-refractivity contribution < 1.29 is 57.8 Å². The predicted octanol–water partition coefficient (Wildman–Crippen LogP) is 2.43. The molecule has 0 aliphatic heterocycles. The summed E-state index contributed by atoms with van der Waals surface area (Å²) in [6.07, 6.45) is 5.88. The Bertz CT molecular complexity index is 99.1. The van der Waals surface area contributed by atoms with Crippen molar-refractivity contribution >= 4 is 5.97 Å². The Morgan fingerprint density at radius 2 is 1.67 bits per heavy atom. The number of carbonyl (C=O) groups is 1. The van der Waals surface area contributed by atoms with Crippen molar-refractivity contribution in [3.8, 4) is 0 Å². The predicted molar refractivity (Wildman–Crippen MR) is 41.0 cm³/mol. The summed E-state index contributed by atoms with van der Waals surface area (Å²) in [5.74, 6) is -0.670. The molecule has 0 aromatic rings. The fourth-order valence-corrected chi connectivity index (χ4v) is 0.880. The Morgan fingerprint density at radius 1 is 1.17 bits per heavy atom. The molecular formula is C8H16O2TiZr. The van der Waals surface area contributed by atoms with Crippen molar-refractivity contribution in [2.24, 2.45) is 0 Å². The van der Waals surface area contributed by atoms with E-state index in [1.165, 1.54) is 19.3 Å². The first-order chi connectivity index (χ1) is 4.77. The van der Waals surface area contributed by atoms with Gasteiger partial charge in [-0.25, -0.2) is 0 Å². The van der Waals surface area contributed by atoms with Crippen LogP contribution in [0.25, 0.3) is 0 Å². The number of aliphatic carboxylic acids is 1. The van der Waals surface area contributed by atoms with Crippen LogP contribution in [-0.4, -0.2) is 11.1 Å². The van der Waals surface area contributed by atoms with Crippen LogP contribution in [0.1, 0.15) is 45.4 Å². The molecule has 0 fully saturated rings. The maximum absolute atomic E-state index is 10.0. The second-order valence-electron chi connectivity index (χ2n) is 2.56. The molecule has 2 nitrogen and oxygen atoms in total. The molecule has 0 radical (unpaired) electrons. The van der Waals surface area contributed by atoms with Gasteiger partial charge in [0.15, 0.2) is 0 Å². The Balaban J connectivity index is -0.000000405. The fraction of sp³-hybridized carbons (Fsp3) is 0.875.